The highest BCUT2D eigenvalue weighted by atomic mass is 19.1. The Kier molecular flexibility index (Phi) is 6.29. The molecule has 2 N–H and O–H groups in total. The molecule has 0 unspecified atom stereocenters. The Morgan fingerprint density at radius 2 is 1.72 bits per heavy atom. The summed E-state index contributed by atoms with van der Waals surface area (Å²) >= 11 is 0. The minimum absolute atomic E-state index is 0.347. The van der Waals surface area contributed by atoms with Crippen LogP contribution in [0.3, 0.4) is 0 Å². The fourth-order valence-corrected chi connectivity index (χ4v) is 3.17. The summed E-state index contributed by atoms with van der Waals surface area (Å²) in [7, 11) is 0. The maximum atomic E-state index is 11.9. The smallest absolute Gasteiger partial charge is 0.235 e. The molecule has 0 amide bonds. The molecule has 0 radical (unpaired) electrons. The van der Waals surface area contributed by atoms with Crippen LogP contribution in [-0.4, -0.2) is 53.9 Å². The van der Waals surface area contributed by atoms with Crippen LogP contribution in [0, 0.1) is 0 Å². The van der Waals surface area contributed by atoms with E-state index in [0.29, 0.717) is 38.6 Å². The lowest BCUT2D eigenvalue weighted by Crippen LogP contribution is -2.23. The van der Waals surface area contributed by atoms with Gasteiger partial charge in [-0.25, -0.2) is 14.4 Å². The molecule has 29 heavy (non-hydrogen) atoms. The molecule has 2 aromatic heterocycles. The Balaban J connectivity index is 1.33. The van der Waals surface area contributed by atoms with Gasteiger partial charge in [0.2, 0.25) is 5.78 Å². The number of halogens is 1. The Bertz CT molecular complexity index is 1060. The number of benzene rings is 2. The molecule has 7 heteroatoms. The second-order valence-electron chi connectivity index (χ2n) is 6.64. The lowest BCUT2D eigenvalue weighted by molar-refractivity contribution is 0.145. The molecule has 6 nitrogen and oxygen atoms in total. The van der Waals surface area contributed by atoms with E-state index in [1.807, 2.05) is 65.2 Å². The zero-order valence-corrected chi connectivity index (χ0v) is 16.1. The van der Waals surface area contributed by atoms with Crippen LogP contribution in [0.25, 0.3) is 28.1 Å². The number of anilines is 1. The first-order valence-corrected chi connectivity index (χ1v) is 9.78. The second-order valence-corrected chi connectivity index (χ2v) is 6.64. The van der Waals surface area contributed by atoms with Crippen LogP contribution in [0.4, 0.5) is 10.1 Å². The van der Waals surface area contributed by atoms with Crippen molar-refractivity contribution in [1.82, 2.24) is 19.7 Å². The summed E-state index contributed by atoms with van der Waals surface area (Å²) in [6, 6.07) is 18.2. The van der Waals surface area contributed by atoms with Crippen LogP contribution >= 0.6 is 0 Å². The summed E-state index contributed by atoms with van der Waals surface area (Å²) in [6.45, 7) is 2.60. The molecule has 4 rings (SSSR count). The Morgan fingerprint density at radius 1 is 0.897 bits per heavy atom. The van der Waals surface area contributed by atoms with Crippen LogP contribution in [-0.2, 0) is 4.74 Å². The number of rotatable bonds is 10. The monoisotopic (exact) mass is 393 g/mol. The van der Waals surface area contributed by atoms with Gasteiger partial charge in [0.25, 0.3) is 0 Å². The lowest BCUT2D eigenvalue weighted by Gasteiger charge is -2.09. The number of hydrogen-bond donors (Lipinski definition) is 2. The third-order valence-corrected chi connectivity index (χ3v) is 4.63. The van der Waals surface area contributed by atoms with Crippen molar-refractivity contribution in [3.63, 3.8) is 0 Å². The predicted octanol–water partition coefficient (Wildman–Crippen LogP) is 3.54. The number of nitrogens with one attached hydrogen (secondary N) is 2. The molecule has 0 aliphatic heterocycles. The summed E-state index contributed by atoms with van der Waals surface area (Å²) in [5, 5.41) is 6.28. The molecule has 0 aliphatic rings. The van der Waals surface area contributed by atoms with Gasteiger partial charge in [-0.1, -0.05) is 24.3 Å². The van der Waals surface area contributed by atoms with Gasteiger partial charge >= 0.3 is 0 Å². The van der Waals surface area contributed by atoms with E-state index in [1.165, 1.54) is 0 Å². The van der Waals surface area contributed by atoms with Crippen molar-refractivity contribution in [2.45, 2.75) is 0 Å². The van der Waals surface area contributed by atoms with E-state index in [4.69, 9.17) is 9.72 Å². The Labute approximate surface area is 168 Å². The Morgan fingerprint density at radius 3 is 2.59 bits per heavy atom. The third kappa shape index (κ3) is 4.70. The topological polar surface area (TPSA) is 63.5 Å². The highest BCUT2D eigenvalue weighted by Gasteiger charge is 2.07. The molecule has 0 saturated carbocycles. The van der Waals surface area contributed by atoms with E-state index in [1.54, 1.807) is 0 Å². The Hall–Kier alpha value is -3.03. The maximum Gasteiger partial charge on any atom is 0.235 e. The van der Waals surface area contributed by atoms with Crippen molar-refractivity contribution < 1.29 is 9.13 Å². The molecule has 4 aromatic rings. The lowest BCUT2D eigenvalue weighted by atomic mass is 10.1. The summed E-state index contributed by atoms with van der Waals surface area (Å²) in [6.07, 6.45) is 2.01. The third-order valence-electron chi connectivity index (χ3n) is 4.63. The summed E-state index contributed by atoms with van der Waals surface area (Å²) in [5.41, 5.74) is 4.96. The van der Waals surface area contributed by atoms with E-state index in [0.717, 1.165) is 28.0 Å². The van der Waals surface area contributed by atoms with Crippen LogP contribution in [0.5, 0.6) is 0 Å². The van der Waals surface area contributed by atoms with Gasteiger partial charge < -0.3 is 15.4 Å². The molecule has 0 fully saturated rings. The summed E-state index contributed by atoms with van der Waals surface area (Å²) in [4.78, 5) is 9.31. The molecule has 0 aliphatic carbocycles. The number of hydrogen-bond acceptors (Lipinski definition) is 5. The van der Waals surface area contributed by atoms with Gasteiger partial charge in [-0.3, -0.25) is 4.40 Å². The first-order valence-electron chi connectivity index (χ1n) is 9.78. The van der Waals surface area contributed by atoms with E-state index < -0.39 is 0 Å². The quantitative estimate of drug-likeness (QED) is 0.404. The van der Waals surface area contributed by atoms with E-state index >= 15 is 0 Å². The van der Waals surface area contributed by atoms with Gasteiger partial charge in [-0.2, -0.15) is 0 Å². The molecule has 0 spiro atoms. The zero-order chi connectivity index (χ0) is 19.9. The number of alkyl halides is 1. The van der Waals surface area contributed by atoms with Gasteiger partial charge in [0.05, 0.1) is 29.9 Å². The number of aromatic nitrogens is 3. The molecule has 0 saturated heterocycles. The van der Waals surface area contributed by atoms with Crippen LogP contribution in [0.15, 0.2) is 60.8 Å². The first-order chi connectivity index (χ1) is 14.3. The molecule has 0 bridgehead atoms. The van der Waals surface area contributed by atoms with Gasteiger partial charge in [-0.05, 0) is 30.3 Å². The standard InChI is InChI=1S/C22H24FN5O/c23-10-11-24-12-15-29-16-13-25-18-7-5-17(6-8-18)19-9-14-28-21-4-2-1-3-20(21)27-22(28)26-19/h1-9,14,24-25H,10-13,15-16H2. The number of fused-ring (bicyclic) bond motifs is 3. The van der Waals surface area contributed by atoms with Gasteiger partial charge in [0, 0.05) is 37.1 Å². The summed E-state index contributed by atoms with van der Waals surface area (Å²) in [5.74, 6) is 0.698. The summed E-state index contributed by atoms with van der Waals surface area (Å²) < 4.78 is 19.4. The normalized spacial score (nSPS) is 11.3. The van der Waals surface area contributed by atoms with E-state index in [2.05, 4.69) is 15.6 Å². The maximum absolute atomic E-state index is 11.9. The van der Waals surface area contributed by atoms with Crippen molar-refractivity contribution in [1.29, 1.82) is 0 Å². The van der Waals surface area contributed by atoms with Crippen LogP contribution < -0.4 is 10.6 Å². The van der Waals surface area contributed by atoms with E-state index in [9.17, 15) is 4.39 Å². The van der Waals surface area contributed by atoms with Crippen molar-refractivity contribution >= 4 is 22.5 Å². The highest BCUT2D eigenvalue weighted by Crippen LogP contribution is 2.22. The number of ether oxygens (including phenoxy) is 1. The van der Waals surface area contributed by atoms with Gasteiger partial charge in [0.1, 0.15) is 6.67 Å². The molecule has 2 heterocycles. The van der Waals surface area contributed by atoms with Gasteiger partial charge in [-0.15, -0.1) is 0 Å². The number of nitrogens with zero attached hydrogens (tertiary/aromatic N) is 3. The SMILES string of the molecule is FCCNCCOCCNc1ccc(-c2ccn3c(n2)nc2ccccc23)cc1. The van der Waals surface area contributed by atoms with Crippen molar-refractivity contribution in [2.24, 2.45) is 0 Å². The molecule has 2 aromatic carbocycles. The van der Waals surface area contributed by atoms with E-state index in [-0.39, 0.29) is 6.67 Å². The fourth-order valence-electron chi connectivity index (χ4n) is 3.17. The van der Waals surface area contributed by atoms with Gasteiger partial charge in [0.15, 0.2) is 0 Å². The van der Waals surface area contributed by atoms with Crippen molar-refractivity contribution in [2.75, 3.05) is 44.8 Å². The number of para-hydroxylation sites is 2. The second kappa shape index (κ2) is 9.45. The van der Waals surface area contributed by atoms with Crippen LogP contribution in [0.1, 0.15) is 0 Å². The fraction of sp³-hybridized carbons (Fsp3) is 0.273. The molecular weight excluding hydrogens is 369 g/mol. The predicted molar refractivity (Wildman–Crippen MR) is 114 cm³/mol. The average Bonchev–Trinajstić information content (AvgIpc) is 3.14. The molecular formula is C22H24FN5O. The average molecular weight is 393 g/mol. The van der Waals surface area contributed by atoms with Crippen molar-refractivity contribution in [3.05, 3.63) is 60.8 Å². The minimum atomic E-state index is -0.347. The minimum Gasteiger partial charge on any atom is -0.383 e. The van der Waals surface area contributed by atoms with Crippen LogP contribution in [0.2, 0.25) is 0 Å². The molecule has 150 valence electrons. The van der Waals surface area contributed by atoms with Crippen molar-refractivity contribution in [3.8, 4) is 11.3 Å². The zero-order valence-electron chi connectivity index (χ0n) is 16.1. The highest BCUT2D eigenvalue weighted by molar-refractivity contribution is 5.80. The largest absolute Gasteiger partial charge is 0.383 e. The first kappa shape index (κ1) is 19.3. The number of imidazole rings is 1. The molecule has 0 atom stereocenters.